The van der Waals surface area contributed by atoms with Crippen molar-refractivity contribution in [2.75, 3.05) is 24.4 Å². The van der Waals surface area contributed by atoms with Crippen molar-refractivity contribution in [1.29, 1.82) is 0 Å². The van der Waals surface area contributed by atoms with E-state index in [1.807, 2.05) is 0 Å². The highest BCUT2D eigenvalue weighted by molar-refractivity contribution is 8.00. The number of amides is 3. The number of anilines is 2. The molecular weight excluding hydrogens is 650 g/mol. The Morgan fingerprint density at radius 2 is 1.63 bits per heavy atom. The second-order valence-corrected chi connectivity index (χ2v) is 12.5. The molecule has 3 heterocycles. The van der Waals surface area contributed by atoms with E-state index < -0.39 is 69.5 Å². The Kier molecular flexibility index (Phi) is 8.14. The lowest BCUT2D eigenvalue weighted by atomic mass is 9.83. The molecule has 1 fully saturated rings. The van der Waals surface area contributed by atoms with E-state index in [1.165, 1.54) is 38.5 Å². The highest BCUT2D eigenvalue weighted by Gasteiger charge is 2.57. The minimum Gasteiger partial charge on any atom is -0.493 e. The number of halogens is 4. The smallest absolute Gasteiger partial charge is 0.418 e. The molecule has 1 N–H and O–H groups in total. The van der Waals surface area contributed by atoms with E-state index in [9.17, 15) is 36.7 Å². The van der Waals surface area contributed by atoms with Gasteiger partial charge in [0.1, 0.15) is 17.6 Å². The third-order valence-corrected chi connectivity index (χ3v) is 10.3. The molecule has 0 spiro atoms. The van der Waals surface area contributed by atoms with Crippen LogP contribution in [0.15, 0.2) is 76.6 Å². The number of rotatable bonds is 7. The molecule has 9 nitrogen and oxygen atoms in total. The molecule has 0 aliphatic carbocycles. The number of benzene rings is 3. The van der Waals surface area contributed by atoms with Gasteiger partial charge in [-0.25, -0.2) is 9.29 Å². The highest BCUT2D eigenvalue weighted by atomic mass is 32.2. The Bertz CT molecular complexity index is 1920. The van der Waals surface area contributed by atoms with Crippen LogP contribution in [0.5, 0.6) is 11.5 Å². The number of fused-ring (bicyclic) bond motifs is 2. The van der Waals surface area contributed by atoms with Gasteiger partial charge in [0.2, 0.25) is 17.7 Å². The number of aromatic nitrogens is 1. The van der Waals surface area contributed by atoms with Crippen LogP contribution < -0.4 is 24.6 Å². The molecular formula is C31H23F4N3O6S2. The van der Waals surface area contributed by atoms with Crippen molar-refractivity contribution in [3.8, 4) is 11.5 Å². The Hall–Kier alpha value is -4.63. The number of carbonyl (C=O) groups excluding carboxylic acids is 3. The summed E-state index contributed by atoms with van der Waals surface area (Å²) in [7, 11) is 2.88. The zero-order chi connectivity index (χ0) is 32.9. The van der Waals surface area contributed by atoms with Crippen LogP contribution in [0.2, 0.25) is 0 Å². The molecule has 4 aromatic rings. The standard InChI is InChI=1S/C31H23F4N3O6S2/c1-43-20-12-7-15(13-21(20)44-2)23-24-25(28(41)38(27(24)40)17-10-8-16(32)9-11-17)45-29-26(23)46-30(42)37(29)14-22(39)36-19-6-4-3-5-18(19)31(33,34)35/h3-13,23-25H,14H2,1-2H3,(H,36,39). The van der Waals surface area contributed by atoms with Gasteiger partial charge in [0.05, 0.1) is 42.1 Å². The van der Waals surface area contributed by atoms with E-state index in [4.69, 9.17) is 9.47 Å². The summed E-state index contributed by atoms with van der Waals surface area (Å²) in [5.41, 5.74) is -0.835. The predicted molar refractivity (Wildman–Crippen MR) is 162 cm³/mol. The maximum absolute atomic E-state index is 14.0. The maximum Gasteiger partial charge on any atom is 0.418 e. The molecule has 0 saturated carbocycles. The molecule has 46 heavy (non-hydrogen) atoms. The molecule has 3 aromatic carbocycles. The van der Waals surface area contributed by atoms with Gasteiger partial charge in [-0.05, 0) is 54.1 Å². The number of methoxy groups -OCH3 is 2. The number of ether oxygens (including phenoxy) is 2. The van der Waals surface area contributed by atoms with Gasteiger partial charge in [-0.2, -0.15) is 13.2 Å². The average Bonchev–Trinajstić information content (AvgIpc) is 3.47. The fourth-order valence-corrected chi connectivity index (χ4v) is 8.45. The minimum absolute atomic E-state index is 0.168. The molecule has 1 saturated heterocycles. The number of nitrogens with one attached hydrogen (secondary N) is 1. The van der Waals surface area contributed by atoms with Crippen LogP contribution in [-0.4, -0.2) is 41.8 Å². The minimum atomic E-state index is -4.73. The summed E-state index contributed by atoms with van der Waals surface area (Å²) in [6, 6.07) is 14.3. The lowest BCUT2D eigenvalue weighted by Gasteiger charge is -2.31. The van der Waals surface area contributed by atoms with Gasteiger partial charge in [-0.1, -0.05) is 41.3 Å². The van der Waals surface area contributed by atoms with E-state index in [2.05, 4.69) is 5.32 Å². The van der Waals surface area contributed by atoms with Crippen LogP contribution in [0.25, 0.3) is 0 Å². The maximum atomic E-state index is 14.0. The first kappa shape index (κ1) is 31.4. The van der Waals surface area contributed by atoms with Crippen molar-refractivity contribution in [1.82, 2.24) is 4.57 Å². The Labute approximate surface area is 266 Å². The molecule has 3 amide bonds. The van der Waals surface area contributed by atoms with E-state index in [0.29, 0.717) is 21.9 Å². The molecule has 1 aromatic heterocycles. The number of hydrogen-bond acceptors (Lipinski definition) is 8. The SMILES string of the molecule is COc1ccc(C2c3sc(=O)n(CC(=O)Nc4ccccc4C(F)(F)F)c3SC3C(=O)N(c4ccc(F)cc4)C(=O)C32)cc1OC. The fourth-order valence-electron chi connectivity index (χ4n) is 5.68. The molecule has 15 heteroatoms. The zero-order valence-corrected chi connectivity index (χ0v) is 25.6. The van der Waals surface area contributed by atoms with E-state index in [-0.39, 0.29) is 10.7 Å². The first-order valence-electron chi connectivity index (χ1n) is 13.6. The molecule has 0 radical (unpaired) electrons. The van der Waals surface area contributed by atoms with Crippen molar-refractivity contribution in [2.24, 2.45) is 5.92 Å². The van der Waals surface area contributed by atoms with Gasteiger partial charge >= 0.3 is 11.0 Å². The number of nitrogens with zero attached hydrogens (tertiary/aromatic N) is 2. The van der Waals surface area contributed by atoms with Crippen molar-refractivity contribution < 1.29 is 41.4 Å². The molecule has 3 atom stereocenters. The van der Waals surface area contributed by atoms with Crippen molar-refractivity contribution in [2.45, 2.75) is 28.9 Å². The van der Waals surface area contributed by atoms with Crippen molar-refractivity contribution in [3.63, 3.8) is 0 Å². The van der Waals surface area contributed by atoms with Crippen molar-refractivity contribution >= 4 is 52.2 Å². The zero-order valence-electron chi connectivity index (χ0n) is 24.0. The van der Waals surface area contributed by atoms with Gasteiger partial charge < -0.3 is 14.8 Å². The fraction of sp³-hybridized carbons (Fsp3) is 0.226. The summed E-state index contributed by atoms with van der Waals surface area (Å²) in [5, 5.41) is 1.43. The average molecular weight is 674 g/mol. The van der Waals surface area contributed by atoms with Crippen LogP contribution >= 0.6 is 23.1 Å². The summed E-state index contributed by atoms with van der Waals surface area (Å²) in [6.45, 7) is -0.649. The highest BCUT2D eigenvalue weighted by Crippen LogP contribution is 2.54. The number of imide groups is 1. The topological polar surface area (TPSA) is 107 Å². The summed E-state index contributed by atoms with van der Waals surface area (Å²) in [4.78, 5) is 55.1. The Morgan fingerprint density at radius 3 is 2.30 bits per heavy atom. The van der Waals surface area contributed by atoms with Crippen molar-refractivity contribution in [3.05, 3.63) is 98.2 Å². The van der Waals surface area contributed by atoms with Gasteiger partial charge in [0.25, 0.3) is 0 Å². The van der Waals surface area contributed by atoms with Crippen LogP contribution in [0.3, 0.4) is 0 Å². The first-order chi connectivity index (χ1) is 21.9. The third kappa shape index (κ3) is 5.42. The van der Waals surface area contributed by atoms with Gasteiger partial charge in [0.15, 0.2) is 11.5 Å². The van der Waals surface area contributed by atoms with Crippen LogP contribution in [0.4, 0.5) is 28.9 Å². The number of para-hydroxylation sites is 1. The summed E-state index contributed by atoms with van der Waals surface area (Å²) in [6.07, 6.45) is -4.73. The van der Waals surface area contributed by atoms with Gasteiger partial charge in [-0.15, -0.1) is 0 Å². The summed E-state index contributed by atoms with van der Waals surface area (Å²) >= 11 is 1.70. The first-order valence-corrected chi connectivity index (χ1v) is 15.3. The summed E-state index contributed by atoms with van der Waals surface area (Å²) < 4.78 is 66.2. The second kappa shape index (κ2) is 11.9. The number of alkyl halides is 3. The van der Waals surface area contributed by atoms with Gasteiger partial charge in [0, 0.05) is 10.8 Å². The molecule has 3 unspecified atom stereocenters. The number of carbonyl (C=O) groups is 3. The molecule has 238 valence electrons. The molecule has 2 aliphatic heterocycles. The quantitative estimate of drug-likeness (QED) is 0.204. The molecule has 6 rings (SSSR count). The summed E-state index contributed by atoms with van der Waals surface area (Å²) in [5.74, 6) is -3.73. The molecule has 2 aliphatic rings. The predicted octanol–water partition coefficient (Wildman–Crippen LogP) is 5.52. The van der Waals surface area contributed by atoms with Gasteiger partial charge in [-0.3, -0.25) is 23.7 Å². The van der Waals surface area contributed by atoms with E-state index in [1.54, 1.807) is 18.2 Å². The lowest BCUT2D eigenvalue weighted by Crippen LogP contribution is -2.33. The van der Waals surface area contributed by atoms with Crippen LogP contribution in [0, 0.1) is 11.7 Å². The lowest BCUT2D eigenvalue weighted by molar-refractivity contribution is -0.137. The third-order valence-electron chi connectivity index (χ3n) is 7.71. The number of thioether (sulfide) groups is 1. The van der Waals surface area contributed by atoms with Crippen LogP contribution in [0.1, 0.15) is 21.9 Å². The largest absolute Gasteiger partial charge is 0.493 e. The van der Waals surface area contributed by atoms with E-state index >= 15 is 0 Å². The normalized spacial score (nSPS) is 19.1. The monoisotopic (exact) mass is 673 g/mol. The van der Waals surface area contributed by atoms with Crippen LogP contribution in [-0.2, 0) is 27.1 Å². The number of thiazole rings is 1. The van der Waals surface area contributed by atoms with E-state index in [0.717, 1.165) is 56.8 Å². The Balaban J connectivity index is 1.43. The second-order valence-electron chi connectivity index (χ2n) is 10.4. The Morgan fingerprint density at radius 1 is 0.935 bits per heavy atom. The molecule has 0 bridgehead atoms. The number of hydrogen-bond donors (Lipinski definition) is 1.